The summed E-state index contributed by atoms with van der Waals surface area (Å²) in [6.45, 7) is 9.45. The van der Waals surface area contributed by atoms with Gasteiger partial charge in [0.2, 0.25) is 0 Å². The molecule has 0 atom stereocenters. The van der Waals surface area contributed by atoms with E-state index < -0.39 is 0 Å². The fraction of sp³-hybridized carbons (Fsp3) is 0.130. The molecule has 1 heteroatoms. The molecule has 0 spiro atoms. The zero-order valence-electron chi connectivity index (χ0n) is 27.2. The molecule has 0 amide bonds. The average Bonchev–Trinajstić information content (AvgIpc) is 3.47. The van der Waals surface area contributed by atoms with E-state index in [-0.39, 0.29) is 10.8 Å². The highest BCUT2D eigenvalue weighted by Crippen LogP contribution is 2.57. The second kappa shape index (κ2) is 9.11. The summed E-state index contributed by atoms with van der Waals surface area (Å²) in [6.07, 6.45) is 0. The summed E-state index contributed by atoms with van der Waals surface area (Å²) in [7, 11) is 0. The second-order valence-electron chi connectivity index (χ2n) is 14.6. The molecule has 7 aromatic rings. The molecular formula is C46H35N. The lowest BCUT2D eigenvalue weighted by Crippen LogP contribution is -2.18. The van der Waals surface area contributed by atoms with Crippen molar-refractivity contribution in [2.45, 2.75) is 38.5 Å². The summed E-state index contributed by atoms with van der Waals surface area (Å²) >= 11 is 0. The molecule has 0 aromatic heterocycles. The van der Waals surface area contributed by atoms with Crippen molar-refractivity contribution in [2.75, 3.05) is 4.90 Å². The minimum absolute atomic E-state index is 0.00356. The smallest absolute Gasteiger partial charge is 0.0546 e. The molecule has 10 rings (SSSR count). The van der Waals surface area contributed by atoms with Gasteiger partial charge in [-0.25, -0.2) is 0 Å². The zero-order chi connectivity index (χ0) is 31.7. The lowest BCUT2D eigenvalue weighted by molar-refractivity contribution is 0.660. The van der Waals surface area contributed by atoms with Crippen LogP contribution in [0.15, 0.2) is 140 Å². The van der Waals surface area contributed by atoms with Crippen molar-refractivity contribution in [1.29, 1.82) is 0 Å². The largest absolute Gasteiger partial charge is 0.309 e. The monoisotopic (exact) mass is 601 g/mol. The number of anilines is 3. The predicted molar refractivity (Wildman–Crippen MR) is 198 cm³/mol. The van der Waals surface area contributed by atoms with Crippen molar-refractivity contribution >= 4 is 27.8 Å². The fourth-order valence-corrected chi connectivity index (χ4v) is 9.00. The lowest BCUT2D eigenvalue weighted by atomic mass is 9.81. The minimum Gasteiger partial charge on any atom is -0.309 e. The maximum absolute atomic E-state index is 2.51. The van der Waals surface area contributed by atoms with Gasteiger partial charge in [-0.2, -0.15) is 0 Å². The van der Waals surface area contributed by atoms with Gasteiger partial charge in [0.05, 0.1) is 11.4 Å². The van der Waals surface area contributed by atoms with Crippen LogP contribution >= 0.6 is 0 Å². The van der Waals surface area contributed by atoms with Crippen molar-refractivity contribution in [3.8, 4) is 44.5 Å². The molecule has 3 aliphatic rings. The summed E-state index contributed by atoms with van der Waals surface area (Å²) < 4.78 is 0. The Hall–Kier alpha value is -5.40. The van der Waals surface area contributed by atoms with E-state index in [4.69, 9.17) is 0 Å². The summed E-state index contributed by atoms with van der Waals surface area (Å²) in [5.41, 5.74) is 19.7. The first-order valence-electron chi connectivity index (χ1n) is 16.8. The molecule has 0 saturated heterocycles. The highest BCUT2D eigenvalue weighted by Gasteiger charge is 2.38. The van der Waals surface area contributed by atoms with Gasteiger partial charge >= 0.3 is 0 Å². The summed E-state index contributed by atoms with van der Waals surface area (Å²) in [5.74, 6) is 0. The van der Waals surface area contributed by atoms with Crippen LogP contribution in [0.25, 0.3) is 55.3 Å². The van der Waals surface area contributed by atoms with E-state index in [2.05, 4.69) is 172 Å². The molecule has 0 radical (unpaired) electrons. The Bertz CT molecular complexity index is 2470. The van der Waals surface area contributed by atoms with Gasteiger partial charge in [0.1, 0.15) is 0 Å². The Balaban J connectivity index is 1.19. The van der Waals surface area contributed by atoms with E-state index in [1.165, 1.54) is 94.6 Å². The summed E-state index contributed by atoms with van der Waals surface area (Å²) in [5, 5.41) is 2.59. The molecular weight excluding hydrogens is 567 g/mol. The van der Waals surface area contributed by atoms with Crippen LogP contribution in [0.1, 0.15) is 49.9 Å². The Morgan fingerprint density at radius 2 is 0.979 bits per heavy atom. The van der Waals surface area contributed by atoms with Crippen LogP contribution in [0.4, 0.5) is 17.1 Å². The molecule has 2 aliphatic carbocycles. The summed E-state index contributed by atoms with van der Waals surface area (Å²) in [6, 6.07) is 52.6. The molecule has 7 aromatic carbocycles. The first-order chi connectivity index (χ1) is 22.8. The zero-order valence-corrected chi connectivity index (χ0v) is 27.2. The first-order valence-corrected chi connectivity index (χ1v) is 16.8. The third kappa shape index (κ3) is 3.49. The maximum atomic E-state index is 2.51. The number of benzene rings is 7. The van der Waals surface area contributed by atoms with Crippen LogP contribution in [0.2, 0.25) is 0 Å². The number of nitrogens with zero attached hydrogens (tertiary/aromatic N) is 1. The highest BCUT2D eigenvalue weighted by atomic mass is 15.2. The predicted octanol–water partition coefficient (Wildman–Crippen LogP) is 12.6. The standard InChI is InChI=1S/C46H35N/c1-45(2)38-19-7-5-16-32(38)35-25-30(22-23-40(35)45)29-14-9-15-31(24-29)47-42-21-11-13-28-12-10-18-34(44(28)42)37-26-36-33-17-6-8-20-39(33)46(3,4)41(36)27-43(37)47/h5-27H,1-4H3. The van der Waals surface area contributed by atoms with Crippen molar-refractivity contribution in [3.05, 3.63) is 162 Å². The van der Waals surface area contributed by atoms with Crippen LogP contribution in [-0.4, -0.2) is 0 Å². The van der Waals surface area contributed by atoms with Gasteiger partial charge in [-0.05, 0) is 103 Å². The van der Waals surface area contributed by atoms with Gasteiger partial charge < -0.3 is 4.90 Å². The van der Waals surface area contributed by atoms with Gasteiger partial charge in [0.15, 0.2) is 0 Å². The number of rotatable bonds is 2. The minimum atomic E-state index is -0.0774. The van der Waals surface area contributed by atoms with Gasteiger partial charge in [-0.3, -0.25) is 0 Å². The fourth-order valence-electron chi connectivity index (χ4n) is 9.00. The van der Waals surface area contributed by atoms with Crippen LogP contribution in [0.3, 0.4) is 0 Å². The van der Waals surface area contributed by atoms with Crippen LogP contribution in [0, 0.1) is 0 Å². The van der Waals surface area contributed by atoms with Crippen molar-refractivity contribution in [1.82, 2.24) is 0 Å². The highest BCUT2D eigenvalue weighted by molar-refractivity contribution is 6.14. The van der Waals surface area contributed by atoms with Crippen LogP contribution < -0.4 is 4.90 Å². The Morgan fingerprint density at radius 1 is 0.383 bits per heavy atom. The molecule has 47 heavy (non-hydrogen) atoms. The van der Waals surface area contributed by atoms with E-state index in [0.717, 1.165) is 0 Å². The Morgan fingerprint density at radius 3 is 1.74 bits per heavy atom. The second-order valence-corrected chi connectivity index (χ2v) is 14.6. The first kappa shape index (κ1) is 26.8. The van der Waals surface area contributed by atoms with Gasteiger partial charge in [-0.15, -0.1) is 0 Å². The Kier molecular flexibility index (Phi) is 5.19. The number of hydrogen-bond acceptors (Lipinski definition) is 1. The molecule has 224 valence electrons. The van der Waals surface area contributed by atoms with Crippen molar-refractivity contribution in [3.63, 3.8) is 0 Å². The molecule has 0 unspecified atom stereocenters. The number of hydrogen-bond donors (Lipinski definition) is 0. The molecule has 1 heterocycles. The topological polar surface area (TPSA) is 3.24 Å². The molecule has 0 fully saturated rings. The third-order valence-electron chi connectivity index (χ3n) is 11.4. The van der Waals surface area contributed by atoms with Gasteiger partial charge in [0.25, 0.3) is 0 Å². The molecule has 0 N–H and O–H groups in total. The van der Waals surface area contributed by atoms with Crippen molar-refractivity contribution in [2.24, 2.45) is 0 Å². The number of fused-ring (bicyclic) bond motifs is 8. The summed E-state index contributed by atoms with van der Waals surface area (Å²) in [4.78, 5) is 2.51. The Labute approximate surface area is 276 Å². The van der Waals surface area contributed by atoms with E-state index in [0.29, 0.717) is 0 Å². The molecule has 1 nitrogen and oxygen atoms in total. The van der Waals surface area contributed by atoms with E-state index in [1.807, 2.05) is 0 Å². The van der Waals surface area contributed by atoms with E-state index in [9.17, 15) is 0 Å². The average molecular weight is 602 g/mol. The van der Waals surface area contributed by atoms with Gasteiger partial charge in [-0.1, -0.05) is 131 Å². The van der Waals surface area contributed by atoms with Crippen molar-refractivity contribution < 1.29 is 0 Å². The molecule has 0 bridgehead atoms. The van der Waals surface area contributed by atoms with Crippen LogP contribution in [0.5, 0.6) is 0 Å². The normalized spacial score (nSPS) is 15.5. The SMILES string of the molecule is CC1(C)c2ccccc2-c2cc(-c3cccc(N4c5cc6c(cc5-c5cccc7cccc4c57)-c4ccccc4C6(C)C)c3)ccc21. The maximum Gasteiger partial charge on any atom is 0.0546 e. The molecule has 0 saturated carbocycles. The van der Waals surface area contributed by atoms with E-state index in [1.54, 1.807) is 0 Å². The lowest BCUT2D eigenvalue weighted by Gasteiger charge is -2.35. The quantitative estimate of drug-likeness (QED) is 0.190. The molecule has 1 aliphatic heterocycles. The third-order valence-corrected chi connectivity index (χ3v) is 11.4. The van der Waals surface area contributed by atoms with Crippen LogP contribution in [-0.2, 0) is 10.8 Å². The van der Waals surface area contributed by atoms with Gasteiger partial charge in [0, 0.05) is 27.5 Å². The van der Waals surface area contributed by atoms with E-state index >= 15 is 0 Å².